The number of hydrogen-bond acceptors (Lipinski definition) is 5. The third-order valence-corrected chi connectivity index (χ3v) is 4.04. The van der Waals surface area contributed by atoms with Crippen LogP contribution >= 0.6 is 0 Å². The van der Waals surface area contributed by atoms with Gasteiger partial charge in [-0.25, -0.2) is 5.01 Å². The second-order valence-electron chi connectivity index (χ2n) is 5.65. The molecular weight excluding hydrogens is 296 g/mol. The molecule has 3 heterocycles. The number of carbonyl (C=O) groups excluding carboxylic acids is 1. The van der Waals surface area contributed by atoms with Crippen molar-refractivity contribution in [2.24, 2.45) is 5.10 Å². The molecule has 118 valence electrons. The van der Waals surface area contributed by atoms with Crippen molar-refractivity contribution in [2.75, 3.05) is 6.79 Å². The highest BCUT2D eigenvalue weighted by atomic mass is 16.7. The van der Waals surface area contributed by atoms with Crippen molar-refractivity contribution < 1.29 is 18.7 Å². The lowest BCUT2D eigenvalue weighted by Crippen LogP contribution is -2.24. The van der Waals surface area contributed by atoms with Gasteiger partial charge < -0.3 is 13.9 Å². The van der Waals surface area contributed by atoms with Crippen LogP contribution in [0.2, 0.25) is 0 Å². The number of furan rings is 1. The summed E-state index contributed by atoms with van der Waals surface area (Å²) in [5.41, 5.74) is 1.74. The molecule has 0 radical (unpaired) electrons. The number of rotatable bonds is 2. The highest BCUT2D eigenvalue weighted by Crippen LogP contribution is 2.39. The van der Waals surface area contributed by atoms with Crippen molar-refractivity contribution in [2.45, 2.75) is 26.3 Å². The minimum atomic E-state index is -0.164. The Morgan fingerprint density at radius 2 is 2.04 bits per heavy atom. The maximum atomic E-state index is 12.0. The summed E-state index contributed by atoms with van der Waals surface area (Å²) in [5.74, 6) is 2.85. The zero-order valence-electron chi connectivity index (χ0n) is 12.9. The fourth-order valence-corrected chi connectivity index (χ4v) is 2.92. The molecule has 0 N–H and O–H groups in total. The topological polar surface area (TPSA) is 64.3 Å². The Hall–Kier alpha value is -2.76. The molecule has 4 rings (SSSR count). The number of amides is 1. The van der Waals surface area contributed by atoms with Crippen LogP contribution in [-0.4, -0.2) is 23.4 Å². The van der Waals surface area contributed by atoms with Gasteiger partial charge in [-0.05, 0) is 36.8 Å². The molecule has 6 heteroatoms. The number of benzene rings is 1. The molecule has 1 atom stereocenters. The Morgan fingerprint density at radius 1 is 1.22 bits per heavy atom. The number of nitrogens with zero attached hydrogens (tertiary/aromatic N) is 2. The zero-order valence-corrected chi connectivity index (χ0v) is 12.9. The van der Waals surface area contributed by atoms with E-state index in [2.05, 4.69) is 5.10 Å². The van der Waals surface area contributed by atoms with E-state index >= 15 is 0 Å². The van der Waals surface area contributed by atoms with Gasteiger partial charge in [-0.2, -0.15) is 5.10 Å². The minimum absolute atomic E-state index is 0.106. The van der Waals surface area contributed by atoms with Crippen LogP contribution in [0.1, 0.15) is 36.5 Å². The number of aryl methyl sites for hydroxylation is 1. The first-order chi connectivity index (χ1) is 11.1. The van der Waals surface area contributed by atoms with Gasteiger partial charge in [0.15, 0.2) is 11.5 Å². The summed E-state index contributed by atoms with van der Waals surface area (Å²) in [6.07, 6.45) is 0.603. The van der Waals surface area contributed by atoms with Gasteiger partial charge in [0.25, 0.3) is 0 Å². The Balaban J connectivity index is 1.67. The number of carbonyl (C=O) groups is 1. The molecule has 0 fully saturated rings. The molecule has 0 unspecified atom stereocenters. The average molecular weight is 312 g/mol. The summed E-state index contributed by atoms with van der Waals surface area (Å²) in [4.78, 5) is 12.0. The standard InChI is InChI=1S/C17H16N2O4/c1-10-3-5-15(23-10)13-8-14(19(18-13)11(2)20)12-4-6-16-17(7-12)22-9-21-16/h3-7,14H,8-9H2,1-2H3/t14-/m1/s1. The van der Waals surface area contributed by atoms with Crippen LogP contribution in [-0.2, 0) is 4.79 Å². The SMILES string of the molecule is CC(=O)N1N=C(c2ccc(C)o2)C[C@@H]1c1ccc2c(c1)OCO2. The van der Waals surface area contributed by atoms with E-state index in [0.717, 1.165) is 22.8 Å². The van der Waals surface area contributed by atoms with Crippen LogP contribution in [0.25, 0.3) is 0 Å². The van der Waals surface area contributed by atoms with E-state index in [1.807, 2.05) is 37.3 Å². The lowest BCUT2D eigenvalue weighted by molar-refractivity contribution is -0.130. The Labute approximate surface area is 133 Å². The lowest BCUT2D eigenvalue weighted by Gasteiger charge is -2.20. The van der Waals surface area contributed by atoms with Crippen LogP contribution < -0.4 is 9.47 Å². The molecule has 0 spiro atoms. The van der Waals surface area contributed by atoms with Crippen molar-refractivity contribution in [1.29, 1.82) is 0 Å². The molecule has 2 aromatic rings. The number of ether oxygens (including phenoxy) is 2. The molecule has 0 saturated carbocycles. The largest absolute Gasteiger partial charge is 0.460 e. The number of fused-ring (bicyclic) bond motifs is 1. The molecule has 1 aromatic heterocycles. The highest BCUT2D eigenvalue weighted by molar-refractivity contribution is 6.01. The monoisotopic (exact) mass is 312 g/mol. The summed E-state index contributed by atoms with van der Waals surface area (Å²) in [6, 6.07) is 9.33. The lowest BCUT2D eigenvalue weighted by atomic mass is 10.0. The molecule has 0 bridgehead atoms. The van der Waals surface area contributed by atoms with E-state index in [1.54, 1.807) is 0 Å². The Kier molecular flexibility index (Phi) is 3.11. The molecule has 0 aliphatic carbocycles. The summed E-state index contributed by atoms with van der Waals surface area (Å²) in [5, 5.41) is 5.96. The van der Waals surface area contributed by atoms with E-state index in [-0.39, 0.29) is 18.7 Å². The van der Waals surface area contributed by atoms with Crippen molar-refractivity contribution in [1.82, 2.24) is 5.01 Å². The van der Waals surface area contributed by atoms with Crippen LogP contribution in [0.5, 0.6) is 11.5 Å². The highest BCUT2D eigenvalue weighted by Gasteiger charge is 2.33. The van der Waals surface area contributed by atoms with E-state index in [9.17, 15) is 4.79 Å². The zero-order chi connectivity index (χ0) is 16.0. The Morgan fingerprint density at radius 3 is 2.78 bits per heavy atom. The Bertz CT molecular complexity index is 809. The van der Waals surface area contributed by atoms with Crippen LogP contribution in [0.3, 0.4) is 0 Å². The molecule has 1 aromatic carbocycles. The van der Waals surface area contributed by atoms with Crippen molar-refractivity contribution in [3.8, 4) is 11.5 Å². The summed E-state index contributed by atoms with van der Waals surface area (Å²) >= 11 is 0. The van der Waals surface area contributed by atoms with Gasteiger partial charge in [0.2, 0.25) is 12.7 Å². The van der Waals surface area contributed by atoms with E-state index in [1.165, 1.54) is 11.9 Å². The first kappa shape index (κ1) is 13.9. The van der Waals surface area contributed by atoms with Gasteiger partial charge in [-0.3, -0.25) is 4.79 Å². The fraction of sp³-hybridized carbons (Fsp3) is 0.294. The van der Waals surface area contributed by atoms with Gasteiger partial charge in [-0.15, -0.1) is 0 Å². The van der Waals surface area contributed by atoms with Gasteiger partial charge >= 0.3 is 0 Å². The second kappa shape index (κ2) is 5.15. The van der Waals surface area contributed by atoms with Crippen molar-refractivity contribution in [3.63, 3.8) is 0 Å². The predicted octanol–water partition coefficient (Wildman–Crippen LogP) is 3.01. The van der Waals surface area contributed by atoms with Gasteiger partial charge in [0, 0.05) is 13.3 Å². The second-order valence-corrected chi connectivity index (χ2v) is 5.65. The maximum Gasteiger partial charge on any atom is 0.240 e. The third kappa shape index (κ3) is 2.36. The maximum absolute atomic E-state index is 12.0. The fourth-order valence-electron chi connectivity index (χ4n) is 2.92. The summed E-state index contributed by atoms with van der Waals surface area (Å²) in [7, 11) is 0. The van der Waals surface area contributed by atoms with Gasteiger partial charge in [0.05, 0.1) is 6.04 Å². The predicted molar refractivity (Wildman–Crippen MR) is 82.4 cm³/mol. The first-order valence-electron chi connectivity index (χ1n) is 7.45. The van der Waals surface area contributed by atoms with E-state index in [4.69, 9.17) is 13.9 Å². The minimum Gasteiger partial charge on any atom is -0.460 e. The van der Waals surface area contributed by atoms with Crippen LogP contribution in [0, 0.1) is 6.92 Å². The number of hydrogen-bond donors (Lipinski definition) is 0. The van der Waals surface area contributed by atoms with Crippen LogP contribution in [0.4, 0.5) is 0 Å². The van der Waals surface area contributed by atoms with Crippen LogP contribution in [0.15, 0.2) is 39.9 Å². The molecule has 2 aliphatic rings. The molecular formula is C17H16N2O4. The molecule has 2 aliphatic heterocycles. The normalized spacial score (nSPS) is 19.1. The molecule has 0 saturated heterocycles. The smallest absolute Gasteiger partial charge is 0.240 e. The molecule has 1 amide bonds. The first-order valence-corrected chi connectivity index (χ1v) is 7.45. The molecule has 6 nitrogen and oxygen atoms in total. The summed E-state index contributed by atoms with van der Waals surface area (Å²) < 4.78 is 16.4. The third-order valence-electron chi connectivity index (χ3n) is 4.04. The van der Waals surface area contributed by atoms with Crippen molar-refractivity contribution in [3.05, 3.63) is 47.4 Å². The van der Waals surface area contributed by atoms with Gasteiger partial charge in [0.1, 0.15) is 17.2 Å². The molecule has 23 heavy (non-hydrogen) atoms. The van der Waals surface area contributed by atoms with Gasteiger partial charge in [-0.1, -0.05) is 6.07 Å². The quantitative estimate of drug-likeness (QED) is 0.855. The number of hydrazone groups is 1. The van der Waals surface area contributed by atoms with E-state index in [0.29, 0.717) is 17.9 Å². The average Bonchev–Trinajstić information content (AvgIpc) is 3.24. The van der Waals surface area contributed by atoms with E-state index < -0.39 is 0 Å². The van der Waals surface area contributed by atoms with Crippen molar-refractivity contribution >= 4 is 11.6 Å². The summed E-state index contributed by atoms with van der Waals surface area (Å²) in [6.45, 7) is 3.63.